The Hall–Kier alpha value is -0.840. The van der Waals surface area contributed by atoms with Crippen LogP contribution in [0.1, 0.15) is 12.8 Å². The van der Waals surface area contributed by atoms with Crippen molar-refractivity contribution in [3.8, 4) is 0 Å². The lowest BCUT2D eigenvalue weighted by Crippen LogP contribution is -2.55. The monoisotopic (exact) mass is 216 g/mol. The van der Waals surface area contributed by atoms with Gasteiger partial charge in [0, 0.05) is 19.8 Å². The number of carbonyl (C=O) groups excluding carboxylic acids is 1. The number of nitrogens with one attached hydrogen (secondary N) is 1. The Bertz CT molecular complexity index is 225. The van der Waals surface area contributed by atoms with E-state index < -0.39 is 6.17 Å². The molecular weight excluding hydrogens is 199 g/mol. The van der Waals surface area contributed by atoms with Crippen molar-refractivity contribution in [3.63, 3.8) is 0 Å². The van der Waals surface area contributed by atoms with E-state index in [1.54, 1.807) is 0 Å². The highest BCUT2D eigenvalue weighted by Gasteiger charge is 2.30. The summed E-state index contributed by atoms with van der Waals surface area (Å²) in [5, 5.41) is 2.80. The molecule has 1 atom stereocenters. The number of amides is 2. The first-order valence-electron chi connectivity index (χ1n) is 5.50. The number of ether oxygens (including phenoxy) is 1. The first kappa shape index (κ1) is 10.7. The molecule has 2 saturated heterocycles. The zero-order valence-corrected chi connectivity index (χ0v) is 8.75. The van der Waals surface area contributed by atoms with E-state index in [-0.39, 0.29) is 19.1 Å². The molecule has 0 aliphatic carbocycles. The van der Waals surface area contributed by atoms with Crippen molar-refractivity contribution in [2.45, 2.75) is 19.0 Å². The quantitative estimate of drug-likeness (QED) is 0.757. The van der Waals surface area contributed by atoms with Gasteiger partial charge in [-0.3, -0.25) is 0 Å². The van der Waals surface area contributed by atoms with Gasteiger partial charge in [0.1, 0.15) is 6.17 Å². The average Bonchev–Trinajstić information content (AvgIpc) is 2.65. The Morgan fingerprint density at radius 2 is 2.33 bits per heavy atom. The fourth-order valence-corrected chi connectivity index (χ4v) is 1.90. The summed E-state index contributed by atoms with van der Waals surface area (Å²) in [6.07, 6.45) is 1.23. The summed E-state index contributed by atoms with van der Waals surface area (Å²) in [4.78, 5) is 12.9. The molecule has 2 aliphatic heterocycles. The Morgan fingerprint density at radius 1 is 1.53 bits per heavy atom. The highest BCUT2D eigenvalue weighted by atomic mass is 19.1. The van der Waals surface area contributed by atoms with Crippen LogP contribution >= 0.6 is 0 Å². The topological polar surface area (TPSA) is 41.6 Å². The van der Waals surface area contributed by atoms with Crippen LogP contribution in [0, 0.1) is 5.92 Å². The number of nitrogens with zero attached hydrogens (tertiary/aromatic N) is 1. The fourth-order valence-electron chi connectivity index (χ4n) is 1.90. The lowest BCUT2D eigenvalue weighted by molar-refractivity contribution is 0.0896. The highest BCUT2D eigenvalue weighted by Crippen LogP contribution is 2.15. The van der Waals surface area contributed by atoms with Crippen LogP contribution in [0.5, 0.6) is 0 Å². The molecule has 2 fully saturated rings. The Kier molecular flexibility index (Phi) is 3.41. The van der Waals surface area contributed by atoms with E-state index in [9.17, 15) is 9.18 Å². The molecule has 0 bridgehead atoms. The molecule has 0 radical (unpaired) electrons. The third-order valence-electron chi connectivity index (χ3n) is 2.98. The molecule has 4 nitrogen and oxygen atoms in total. The van der Waals surface area contributed by atoms with Crippen molar-refractivity contribution in [1.82, 2.24) is 10.2 Å². The van der Waals surface area contributed by atoms with E-state index in [0.29, 0.717) is 12.5 Å². The van der Waals surface area contributed by atoms with Gasteiger partial charge in [-0.05, 0) is 18.8 Å². The fraction of sp³-hybridized carbons (Fsp3) is 0.900. The van der Waals surface area contributed by atoms with Gasteiger partial charge < -0.3 is 15.0 Å². The lowest BCUT2D eigenvalue weighted by atomic mass is 10.1. The molecule has 5 heteroatoms. The van der Waals surface area contributed by atoms with Gasteiger partial charge in [-0.2, -0.15) is 0 Å². The molecule has 0 aromatic heterocycles. The standard InChI is InChI=1S/C10H17FN2O2/c11-9-5-13(6-9)10(14)12-3-1-8-2-4-15-7-8/h8-9H,1-7H2,(H,12,14). The van der Waals surface area contributed by atoms with Gasteiger partial charge in [0.2, 0.25) is 0 Å². The third-order valence-corrected chi connectivity index (χ3v) is 2.98. The van der Waals surface area contributed by atoms with Crippen LogP contribution in [-0.2, 0) is 4.74 Å². The summed E-state index contributed by atoms with van der Waals surface area (Å²) in [5.41, 5.74) is 0. The second-order valence-electron chi connectivity index (χ2n) is 4.25. The molecule has 2 amide bonds. The van der Waals surface area contributed by atoms with Crippen LogP contribution in [-0.4, -0.2) is 50.0 Å². The maximum atomic E-state index is 12.5. The molecule has 0 aromatic rings. The number of carbonyl (C=O) groups is 1. The summed E-state index contributed by atoms with van der Waals surface area (Å²) in [6, 6.07) is -0.136. The summed E-state index contributed by atoms with van der Waals surface area (Å²) in [5.74, 6) is 0.579. The highest BCUT2D eigenvalue weighted by molar-refractivity contribution is 5.75. The second kappa shape index (κ2) is 4.79. The maximum Gasteiger partial charge on any atom is 0.317 e. The van der Waals surface area contributed by atoms with Crippen molar-refractivity contribution in [1.29, 1.82) is 0 Å². The zero-order chi connectivity index (χ0) is 10.7. The summed E-state index contributed by atoms with van der Waals surface area (Å²) in [7, 11) is 0. The van der Waals surface area contributed by atoms with Crippen LogP contribution in [0.15, 0.2) is 0 Å². The summed E-state index contributed by atoms with van der Waals surface area (Å²) in [6.45, 7) is 2.82. The molecule has 0 saturated carbocycles. The summed E-state index contributed by atoms with van der Waals surface area (Å²) < 4.78 is 17.7. The van der Waals surface area contributed by atoms with Gasteiger partial charge in [-0.15, -0.1) is 0 Å². The van der Waals surface area contributed by atoms with E-state index in [4.69, 9.17) is 4.74 Å². The van der Waals surface area contributed by atoms with E-state index in [1.165, 1.54) is 4.90 Å². The van der Waals surface area contributed by atoms with Gasteiger partial charge in [-0.1, -0.05) is 0 Å². The number of alkyl halides is 1. The van der Waals surface area contributed by atoms with Gasteiger partial charge in [-0.25, -0.2) is 9.18 Å². The van der Waals surface area contributed by atoms with Crippen LogP contribution in [0.3, 0.4) is 0 Å². The van der Waals surface area contributed by atoms with Gasteiger partial charge in [0.05, 0.1) is 13.1 Å². The van der Waals surface area contributed by atoms with E-state index in [1.807, 2.05) is 0 Å². The number of halogens is 1. The average molecular weight is 216 g/mol. The number of hydrogen-bond acceptors (Lipinski definition) is 2. The molecule has 1 N–H and O–H groups in total. The minimum atomic E-state index is -0.820. The minimum absolute atomic E-state index is 0.136. The molecular formula is C10H17FN2O2. The van der Waals surface area contributed by atoms with Crippen LogP contribution < -0.4 is 5.32 Å². The number of rotatable bonds is 3. The van der Waals surface area contributed by atoms with Gasteiger partial charge in [0.25, 0.3) is 0 Å². The SMILES string of the molecule is O=C(NCCC1CCOC1)N1CC(F)C1. The first-order valence-corrected chi connectivity index (χ1v) is 5.50. The predicted molar refractivity (Wildman–Crippen MR) is 53.4 cm³/mol. The molecule has 2 aliphatic rings. The van der Waals surface area contributed by atoms with Gasteiger partial charge in [0.15, 0.2) is 0 Å². The van der Waals surface area contributed by atoms with Crippen molar-refractivity contribution < 1.29 is 13.9 Å². The second-order valence-corrected chi connectivity index (χ2v) is 4.25. The molecule has 86 valence electrons. The van der Waals surface area contributed by atoms with Crippen LogP contribution in [0.4, 0.5) is 9.18 Å². The maximum absolute atomic E-state index is 12.5. The Labute approximate surface area is 88.8 Å². The minimum Gasteiger partial charge on any atom is -0.381 e. The molecule has 2 heterocycles. The molecule has 0 aromatic carbocycles. The van der Waals surface area contributed by atoms with Crippen molar-refractivity contribution in [2.75, 3.05) is 32.8 Å². The first-order chi connectivity index (χ1) is 7.25. The molecule has 15 heavy (non-hydrogen) atoms. The zero-order valence-electron chi connectivity index (χ0n) is 8.75. The van der Waals surface area contributed by atoms with E-state index in [2.05, 4.69) is 5.32 Å². The van der Waals surface area contributed by atoms with E-state index >= 15 is 0 Å². The third kappa shape index (κ3) is 2.81. The predicted octanol–water partition coefficient (Wildman–Crippen LogP) is 0.776. The lowest BCUT2D eigenvalue weighted by Gasteiger charge is -2.34. The smallest absolute Gasteiger partial charge is 0.317 e. The van der Waals surface area contributed by atoms with Gasteiger partial charge >= 0.3 is 6.03 Å². The Balaban J connectivity index is 1.55. The largest absolute Gasteiger partial charge is 0.381 e. The molecule has 0 spiro atoms. The molecule has 1 unspecified atom stereocenters. The van der Waals surface area contributed by atoms with E-state index in [0.717, 1.165) is 26.1 Å². The molecule has 2 rings (SSSR count). The summed E-state index contributed by atoms with van der Waals surface area (Å²) >= 11 is 0. The number of urea groups is 1. The van der Waals surface area contributed by atoms with Crippen molar-refractivity contribution in [3.05, 3.63) is 0 Å². The van der Waals surface area contributed by atoms with Crippen molar-refractivity contribution in [2.24, 2.45) is 5.92 Å². The van der Waals surface area contributed by atoms with Crippen LogP contribution in [0.2, 0.25) is 0 Å². The van der Waals surface area contributed by atoms with Crippen LogP contribution in [0.25, 0.3) is 0 Å². The number of likely N-dealkylation sites (tertiary alicyclic amines) is 1. The Morgan fingerprint density at radius 3 is 2.93 bits per heavy atom. The number of hydrogen-bond donors (Lipinski definition) is 1. The normalized spacial score (nSPS) is 26.5. The van der Waals surface area contributed by atoms with Crippen molar-refractivity contribution >= 4 is 6.03 Å².